The number of sulfonamides is 1. The molecule has 34 heavy (non-hydrogen) atoms. The summed E-state index contributed by atoms with van der Waals surface area (Å²) < 4.78 is 52.5. The highest BCUT2D eigenvalue weighted by molar-refractivity contribution is 7.92. The predicted molar refractivity (Wildman–Crippen MR) is 128 cm³/mol. The van der Waals surface area contributed by atoms with Gasteiger partial charge in [-0.15, -0.1) is 0 Å². The van der Waals surface area contributed by atoms with E-state index >= 15 is 0 Å². The molecule has 0 aliphatic rings. The number of halogens is 2. The van der Waals surface area contributed by atoms with Gasteiger partial charge in [0.15, 0.2) is 0 Å². The molecule has 10 heteroatoms. The molecule has 0 aliphatic heterocycles. The minimum Gasteiger partial charge on any atom is -0.354 e. The largest absolute Gasteiger partial charge is 0.354 e. The first-order valence-corrected chi connectivity index (χ1v) is 13.0. The molecule has 0 saturated heterocycles. The third kappa shape index (κ3) is 7.79. The Labute approximate surface area is 199 Å². The van der Waals surface area contributed by atoms with Crippen LogP contribution in [0.25, 0.3) is 0 Å². The molecule has 0 fully saturated rings. The Morgan fingerprint density at radius 1 is 0.971 bits per heavy atom. The number of unbranched alkanes of at least 4 members (excludes halogenated alkanes) is 1. The summed E-state index contributed by atoms with van der Waals surface area (Å²) in [6, 6.07) is 9.39. The molecule has 1 atom stereocenters. The van der Waals surface area contributed by atoms with Crippen molar-refractivity contribution in [3.05, 3.63) is 65.7 Å². The Balaban J connectivity index is 2.37. The lowest BCUT2D eigenvalue weighted by atomic mass is 10.1. The van der Waals surface area contributed by atoms with Gasteiger partial charge in [0.2, 0.25) is 21.8 Å². The normalized spacial score (nSPS) is 12.1. The average Bonchev–Trinajstić information content (AvgIpc) is 2.78. The van der Waals surface area contributed by atoms with E-state index in [1.807, 2.05) is 6.92 Å². The van der Waals surface area contributed by atoms with Crippen LogP contribution in [0.15, 0.2) is 48.5 Å². The van der Waals surface area contributed by atoms with E-state index in [2.05, 4.69) is 5.32 Å². The van der Waals surface area contributed by atoms with Crippen molar-refractivity contribution >= 4 is 27.5 Å². The van der Waals surface area contributed by atoms with Gasteiger partial charge in [0.05, 0.1) is 11.9 Å². The first kappa shape index (κ1) is 27.2. The van der Waals surface area contributed by atoms with E-state index < -0.39 is 40.2 Å². The molecule has 0 radical (unpaired) electrons. The zero-order valence-corrected chi connectivity index (χ0v) is 20.4. The highest BCUT2D eigenvalue weighted by Gasteiger charge is 2.31. The lowest BCUT2D eigenvalue weighted by Gasteiger charge is -2.32. The fourth-order valence-corrected chi connectivity index (χ4v) is 4.28. The smallest absolute Gasteiger partial charge is 0.244 e. The van der Waals surface area contributed by atoms with Crippen LogP contribution in [0, 0.1) is 11.6 Å². The maximum Gasteiger partial charge on any atom is 0.244 e. The standard InChI is InChI=1S/C24H31F2N3O4S/c1-4-6-15-27-24(31)22(5-2)28(16-18-7-9-19(25)10-8-18)23(30)17-29(34(3,32)33)21-13-11-20(26)12-14-21/h7-14,22H,4-6,15-17H2,1-3H3,(H,27,31)/t22-/m1/s1. The number of benzene rings is 2. The van der Waals surface area contributed by atoms with Gasteiger partial charge in [-0.25, -0.2) is 17.2 Å². The van der Waals surface area contributed by atoms with Crippen LogP contribution in [0.5, 0.6) is 0 Å². The number of rotatable bonds is 12. The molecule has 0 aromatic heterocycles. The number of hydrogen-bond donors (Lipinski definition) is 1. The van der Waals surface area contributed by atoms with E-state index in [0.29, 0.717) is 18.5 Å². The molecular weight excluding hydrogens is 464 g/mol. The van der Waals surface area contributed by atoms with Crippen LogP contribution < -0.4 is 9.62 Å². The number of hydrogen-bond acceptors (Lipinski definition) is 4. The van der Waals surface area contributed by atoms with Crippen molar-refractivity contribution in [1.29, 1.82) is 0 Å². The Hall–Kier alpha value is -3.01. The Kier molecular flexibility index (Phi) is 9.97. The molecule has 0 bridgehead atoms. The fraction of sp³-hybridized carbons (Fsp3) is 0.417. The Morgan fingerprint density at radius 2 is 1.53 bits per heavy atom. The van der Waals surface area contributed by atoms with Crippen molar-refractivity contribution in [3.8, 4) is 0 Å². The summed E-state index contributed by atoms with van der Waals surface area (Å²) in [4.78, 5) is 27.6. The SMILES string of the molecule is CCCCNC(=O)[C@@H](CC)N(Cc1ccc(F)cc1)C(=O)CN(c1ccc(F)cc1)S(C)(=O)=O. The van der Waals surface area contributed by atoms with Crippen molar-refractivity contribution in [1.82, 2.24) is 10.2 Å². The lowest BCUT2D eigenvalue weighted by molar-refractivity contribution is -0.140. The fourth-order valence-electron chi connectivity index (χ4n) is 3.43. The number of carbonyl (C=O) groups is 2. The van der Waals surface area contributed by atoms with Gasteiger partial charge in [-0.3, -0.25) is 13.9 Å². The molecular formula is C24H31F2N3O4S. The van der Waals surface area contributed by atoms with Crippen molar-refractivity contribution < 1.29 is 26.8 Å². The summed E-state index contributed by atoms with van der Waals surface area (Å²) in [5, 5.41) is 2.82. The summed E-state index contributed by atoms with van der Waals surface area (Å²) in [5.41, 5.74) is 0.710. The highest BCUT2D eigenvalue weighted by Crippen LogP contribution is 2.20. The maximum atomic E-state index is 13.4. The lowest BCUT2D eigenvalue weighted by Crippen LogP contribution is -2.52. The molecule has 2 aromatic carbocycles. The summed E-state index contributed by atoms with van der Waals surface area (Å²) in [5.74, 6) is -1.95. The van der Waals surface area contributed by atoms with Gasteiger partial charge in [0.1, 0.15) is 24.2 Å². The maximum absolute atomic E-state index is 13.4. The second-order valence-corrected chi connectivity index (χ2v) is 9.87. The number of nitrogens with one attached hydrogen (secondary N) is 1. The first-order valence-electron chi connectivity index (χ1n) is 11.1. The van der Waals surface area contributed by atoms with Crippen LogP contribution in [0.2, 0.25) is 0 Å². The summed E-state index contributed by atoms with van der Waals surface area (Å²) in [7, 11) is -3.89. The van der Waals surface area contributed by atoms with E-state index in [1.165, 1.54) is 41.3 Å². The molecule has 0 heterocycles. The van der Waals surface area contributed by atoms with Crippen molar-refractivity contribution in [2.75, 3.05) is 23.7 Å². The topological polar surface area (TPSA) is 86.8 Å². The van der Waals surface area contributed by atoms with Crippen LogP contribution in [-0.2, 0) is 26.2 Å². The van der Waals surface area contributed by atoms with Crippen molar-refractivity contribution in [2.45, 2.75) is 45.7 Å². The molecule has 2 rings (SSSR count). The monoisotopic (exact) mass is 495 g/mol. The minimum atomic E-state index is -3.89. The third-order valence-electron chi connectivity index (χ3n) is 5.28. The Morgan fingerprint density at radius 3 is 2.03 bits per heavy atom. The van der Waals surface area contributed by atoms with E-state index in [1.54, 1.807) is 6.92 Å². The summed E-state index contributed by atoms with van der Waals surface area (Å²) in [6.07, 6.45) is 2.90. The van der Waals surface area contributed by atoms with Gasteiger partial charge in [-0.05, 0) is 54.8 Å². The number of carbonyl (C=O) groups excluding carboxylic acids is 2. The predicted octanol–water partition coefficient (Wildman–Crippen LogP) is 3.45. The molecule has 0 aliphatic carbocycles. The van der Waals surface area contributed by atoms with E-state index in [-0.39, 0.29) is 18.1 Å². The molecule has 2 aromatic rings. The molecule has 2 amide bonds. The van der Waals surface area contributed by atoms with Gasteiger partial charge in [0, 0.05) is 13.1 Å². The third-order valence-corrected chi connectivity index (χ3v) is 6.42. The highest BCUT2D eigenvalue weighted by atomic mass is 32.2. The molecule has 0 spiro atoms. The van der Waals surface area contributed by atoms with E-state index in [4.69, 9.17) is 0 Å². The van der Waals surface area contributed by atoms with Crippen LogP contribution in [0.1, 0.15) is 38.7 Å². The van der Waals surface area contributed by atoms with Crippen LogP contribution in [-0.4, -0.2) is 50.5 Å². The van der Waals surface area contributed by atoms with Crippen LogP contribution >= 0.6 is 0 Å². The molecule has 0 saturated carbocycles. The van der Waals surface area contributed by atoms with Crippen molar-refractivity contribution in [3.63, 3.8) is 0 Å². The number of nitrogens with zero attached hydrogens (tertiary/aromatic N) is 2. The van der Waals surface area contributed by atoms with E-state index in [9.17, 15) is 26.8 Å². The zero-order valence-electron chi connectivity index (χ0n) is 19.6. The number of anilines is 1. The Bertz CT molecular complexity index is 1060. The summed E-state index contributed by atoms with van der Waals surface area (Å²) >= 11 is 0. The van der Waals surface area contributed by atoms with Gasteiger partial charge in [-0.1, -0.05) is 32.4 Å². The molecule has 1 N–H and O–H groups in total. The van der Waals surface area contributed by atoms with Gasteiger partial charge in [-0.2, -0.15) is 0 Å². The quantitative estimate of drug-likeness (QED) is 0.457. The second-order valence-electron chi connectivity index (χ2n) is 7.96. The number of amides is 2. The molecule has 7 nitrogen and oxygen atoms in total. The van der Waals surface area contributed by atoms with E-state index in [0.717, 1.165) is 35.5 Å². The first-order chi connectivity index (χ1) is 16.1. The molecule has 0 unspecified atom stereocenters. The zero-order chi connectivity index (χ0) is 25.3. The van der Waals surface area contributed by atoms with Gasteiger partial charge < -0.3 is 10.2 Å². The summed E-state index contributed by atoms with van der Waals surface area (Å²) in [6.45, 7) is 3.60. The van der Waals surface area contributed by atoms with Crippen LogP contribution in [0.4, 0.5) is 14.5 Å². The van der Waals surface area contributed by atoms with Gasteiger partial charge in [0.25, 0.3) is 0 Å². The van der Waals surface area contributed by atoms with Crippen LogP contribution in [0.3, 0.4) is 0 Å². The second kappa shape index (κ2) is 12.5. The van der Waals surface area contributed by atoms with Gasteiger partial charge >= 0.3 is 0 Å². The average molecular weight is 496 g/mol. The van der Waals surface area contributed by atoms with Crippen molar-refractivity contribution in [2.24, 2.45) is 0 Å². The minimum absolute atomic E-state index is 0.0141. The molecule has 186 valence electrons.